The number of methoxy groups -OCH3 is 1. The predicted molar refractivity (Wildman–Crippen MR) is 77.0 cm³/mol. The highest BCUT2D eigenvalue weighted by atomic mass is 16.5. The zero-order valence-corrected chi connectivity index (χ0v) is 12.0. The van der Waals surface area contributed by atoms with E-state index < -0.39 is 0 Å². The van der Waals surface area contributed by atoms with Gasteiger partial charge in [-0.3, -0.25) is 0 Å². The van der Waals surface area contributed by atoms with Crippen LogP contribution < -0.4 is 4.74 Å². The molecule has 0 amide bonds. The Labute approximate surface area is 114 Å². The minimum absolute atomic E-state index is 0.235. The first-order chi connectivity index (χ1) is 9.11. The standard InChI is InChI=1S/C16H21NO2/c1-12(2)19-11-16-13(3)9-10-17(16)14-5-7-15(18-4)8-6-14/h5-10,12H,11H2,1-4H3. The predicted octanol–water partition coefficient (Wildman–Crippen LogP) is 3.72. The van der Waals surface area contributed by atoms with Crippen molar-refractivity contribution in [1.82, 2.24) is 4.57 Å². The van der Waals surface area contributed by atoms with Crippen LogP contribution in [0.15, 0.2) is 36.5 Å². The van der Waals surface area contributed by atoms with Crippen LogP contribution in [0.2, 0.25) is 0 Å². The zero-order valence-electron chi connectivity index (χ0n) is 12.0. The summed E-state index contributed by atoms with van der Waals surface area (Å²) in [6, 6.07) is 10.2. The molecule has 0 spiro atoms. The quantitative estimate of drug-likeness (QED) is 0.817. The molecule has 0 fully saturated rings. The van der Waals surface area contributed by atoms with Crippen LogP contribution in [0, 0.1) is 6.92 Å². The van der Waals surface area contributed by atoms with Crippen LogP contribution in [-0.2, 0) is 11.3 Å². The lowest BCUT2D eigenvalue weighted by Gasteiger charge is -2.13. The molecule has 0 N–H and O–H groups in total. The molecule has 102 valence electrons. The van der Waals surface area contributed by atoms with E-state index in [0.29, 0.717) is 6.61 Å². The van der Waals surface area contributed by atoms with Crippen LogP contribution in [0.4, 0.5) is 0 Å². The second-order valence-corrected chi connectivity index (χ2v) is 4.87. The van der Waals surface area contributed by atoms with E-state index in [1.54, 1.807) is 7.11 Å². The van der Waals surface area contributed by atoms with E-state index >= 15 is 0 Å². The fourth-order valence-corrected chi connectivity index (χ4v) is 1.98. The number of nitrogens with zero attached hydrogens (tertiary/aromatic N) is 1. The average Bonchev–Trinajstić information content (AvgIpc) is 2.78. The van der Waals surface area contributed by atoms with Crippen molar-refractivity contribution >= 4 is 0 Å². The van der Waals surface area contributed by atoms with E-state index in [1.807, 2.05) is 12.1 Å². The summed E-state index contributed by atoms with van der Waals surface area (Å²) in [4.78, 5) is 0. The molecule has 0 aliphatic rings. The number of aryl methyl sites for hydroxylation is 1. The van der Waals surface area contributed by atoms with E-state index in [2.05, 4.69) is 49.7 Å². The van der Waals surface area contributed by atoms with Crippen molar-refractivity contribution in [2.75, 3.05) is 7.11 Å². The molecule has 0 saturated heterocycles. The van der Waals surface area contributed by atoms with Crippen molar-refractivity contribution in [2.24, 2.45) is 0 Å². The van der Waals surface area contributed by atoms with Gasteiger partial charge in [0, 0.05) is 11.9 Å². The second kappa shape index (κ2) is 5.93. The highest BCUT2D eigenvalue weighted by Gasteiger charge is 2.08. The van der Waals surface area contributed by atoms with Crippen molar-refractivity contribution in [2.45, 2.75) is 33.5 Å². The van der Waals surface area contributed by atoms with Gasteiger partial charge in [0.25, 0.3) is 0 Å². The summed E-state index contributed by atoms with van der Waals surface area (Å²) in [5, 5.41) is 0. The average molecular weight is 259 g/mol. The number of aromatic nitrogens is 1. The maximum atomic E-state index is 5.73. The molecule has 0 unspecified atom stereocenters. The molecule has 0 aliphatic heterocycles. The molecule has 0 atom stereocenters. The fraction of sp³-hybridized carbons (Fsp3) is 0.375. The molecule has 1 aromatic carbocycles. The monoisotopic (exact) mass is 259 g/mol. The summed E-state index contributed by atoms with van der Waals surface area (Å²) in [5.74, 6) is 0.868. The van der Waals surface area contributed by atoms with Crippen LogP contribution in [0.1, 0.15) is 25.1 Å². The molecular formula is C16H21NO2. The third kappa shape index (κ3) is 3.18. The fourth-order valence-electron chi connectivity index (χ4n) is 1.98. The summed E-state index contributed by atoms with van der Waals surface area (Å²) in [6.07, 6.45) is 2.31. The maximum absolute atomic E-state index is 5.73. The Balaban J connectivity index is 2.28. The molecule has 0 aliphatic carbocycles. The van der Waals surface area contributed by atoms with E-state index in [4.69, 9.17) is 9.47 Å². The lowest BCUT2D eigenvalue weighted by atomic mass is 10.2. The lowest BCUT2D eigenvalue weighted by molar-refractivity contribution is 0.0625. The van der Waals surface area contributed by atoms with Crippen LogP contribution in [0.5, 0.6) is 5.75 Å². The van der Waals surface area contributed by atoms with Gasteiger partial charge in [-0.15, -0.1) is 0 Å². The summed E-state index contributed by atoms with van der Waals surface area (Å²) in [5.41, 5.74) is 3.56. The van der Waals surface area contributed by atoms with Crippen molar-refractivity contribution in [3.63, 3.8) is 0 Å². The van der Waals surface area contributed by atoms with Gasteiger partial charge in [-0.05, 0) is 56.7 Å². The van der Waals surface area contributed by atoms with Gasteiger partial charge in [0.2, 0.25) is 0 Å². The molecule has 3 heteroatoms. The molecule has 1 heterocycles. The maximum Gasteiger partial charge on any atom is 0.119 e. The minimum Gasteiger partial charge on any atom is -0.497 e. The van der Waals surface area contributed by atoms with Gasteiger partial charge in [0.15, 0.2) is 0 Å². The Morgan fingerprint density at radius 2 is 1.79 bits per heavy atom. The van der Waals surface area contributed by atoms with Crippen LogP contribution in [0.3, 0.4) is 0 Å². The first-order valence-corrected chi connectivity index (χ1v) is 6.54. The van der Waals surface area contributed by atoms with Gasteiger partial charge in [-0.25, -0.2) is 0 Å². The number of hydrogen-bond acceptors (Lipinski definition) is 2. The van der Waals surface area contributed by atoms with E-state index in [9.17, 15) is 0 Å². The molecule has 1 aromatic heterocycles. The van der Waals surface area contributed by atoms with E-state index in [1.165, 1.54) is 11.3 Å². The topological polar surface area (TPSA) is 23.4 Å². The highest BCUT2D eigenvalue weighted by molar-refractivity contribution is 5.41. The van der Waals surface area contributed by atoms with Crippen LogP contribution in [-0.4, -0.2) is 17.8 Å². The van der Waals surface area contributed by atoms with Gasteiger partial charge in [0.1, 0.15) is 5.75 Å². The smallest absolute Gasteiger partial charge is 0.119 e. The van der Waals surface area contributed by atoms with Crippen molar-refractivity contribution in [3.05, 3.63) is 47.8 Å². The Morgan fingerprint density at radius 3 is 2.37 bits per heavy atom. The Hall–Kier alpha value is -1.74. The first-order valence-electron chi connectivity index (χ1n) is 6.54. The minimum atomic E-state index is 0.235. The molecular weight excluding hydrogens is 238 g/mol. The first kappa shape index (κ1) is 13.7. The van der Waals surface area contributed by atoms with Gasteiger partial charge >= 0.3 is 0 Å². The Kier molecular flexibility index (Phi) is 4.27. The van der Waals surface area contributed by atoms with Gasteiger partial charge in [0.05, 0.1) is 25.5 Å². The second-order valence-electron chi connectivity index (χ2n) is 4.87. The Morgan fingerprint density at radius 1 is 1.11 bits per heavy atom. The molecule has 0 bridgehead atoms. The van der Waals surface area contributed by atoms with Crippen molar-refractivity contribution < 1.29 is 9.47 Å². The molecule has 2 aromatic rings. The van der Waals surface area contributed by atoms with Gasteiger partial charge in [-0.1, -0.05) is 0 Å². The van der Waals surface area contributed by atoms with Crippen LogP contribution >= 0.6 is 0 Å². The largest absolute Gasteiger partial charge is 0.497 e. The molecule has 19 heavy (non-hydrogen) atoms. The normalized spacial score (nSPS) is 11.0. The number of ether oxygens (including phenoxy) is 2. The summed E-state index contributed by atoms with van der Waals surface area (Å²) in [7, 11) is 1.68. The van der Waals surface area contributed by atoms with E-state index in [-0.39, 0.29) is 6.10 Å². The zero-order chi connectivity index (χ0) is 13.8. The summed E-state index contributed by atoms with van der Waals surface area (Å²) < 4.78 is 13.1. The summed E-state index contributed by atoms with van der Waals surface area (Å²) in [6.45, 7) is 6.84. The highest BCUT2D eigenvalue weighted by Crippen LogP contribution is 2.20. The summed E-state index contributed by atoms with van der Waals surface area (Å²) >= 11 is 0. The van der Waals surface area contributed by atoms with Crippen molar-refractivity contribution in [3.8, 4) is 11.4 Å². The third-order valence-corrected chi connectivity index (χ3v) is 3.12. The molecule has 0 radical (unpaired) electrons. The Bertz CT molecular complexity index is 526. The SMILES string of the molecule is COc1ccc(-n2ccc(C)c2COC(C)C)cc1. The third-order valence-electron chi connectivity index (χ3n) is 3.12. The molecule has 2 rings (SSSR count). The number of rotatable bonds is 5. The number of benzene rings is 1. The van der Waals surface area contributed by atoms with Crippen molar-refractivity contribution in [1.29, 1.82) is 0 Å². The molecule has 0 saturated carbocycles. The lowest BCUT2D eigenvalue weighted by Crippen LogP contribution is -2.07. The molecule has 3 nitrogen and oxygen atoms in total. The number of hydrogen-bond donors (Lipinski definition) is 0. The van der Waals surface area contributed by atoms with Gasteiger partial charge in [-0.2, -0.15) is 0 Å². The van der Waals surface area contributed by atoms with E-state index in [0.717, 1.165) is 11.4 Å². The van der Waals surface area contributed by atoms with Gasteiger partial charge < -0.3 is 14.0 Å². The van der Waals surface area contributed by atoms with Crippen LogP contribution in [0.25, 0.3) is 5.69 Å².